The highest BCUT2D eigenvalue weighted by Gasteiger charge is 2.23. The first-order valence-corrected chi connectivity index (χ1v) is 7.28. The molecule has 3 heteroatoms. The molecule has 1 saturated carbocycles. The molecular formula is C16H25NO2. The lowest BCUT2D eigenvalue weighted by atomic mass is 10.1. The second kappa shape index (κ2) is 6.92. The highest BCUT2D eigenvalue weighted by molar-refractivity contribution is 5.28. The second-order valence-electron chi connectivity index (χ2n) is 5.48. The van der Waals surface area contributed by atoms with E-state index >= 15 is 0 Å². The quantitative estimate of drug-likeness (QED) is 0.829. The molecule has 1 aromatic carbocycles. The molecule has 0 bridgehead atoms. The fourth-order valence-electron chi connectivity index (χ4n) is 2.85. The van der Waals surface area contributed by atoms with Crippen molar-refractivity contribution in [1.29, 1.82) is 0 Å². The van der Waals surface area contributed by atoms with Gasteiger partial charge in [-0.2, -0.15) is 0 Å². The standard InChI is InChI=1S/C16H25NO2/c1-3-12-4-7-14(10-12)17-11-16(18)13-5-8-15(19-2)9-6-13/h5-6,8-9,12,14,16-18H,3-4,7,10-11H2,1-2H3. The van der Waals surface area contributed by atoms with E-state index in [1.807, 2.05) is 24.3 Å². The minimum absolute atomic E-state index is 0.438. The zero-order valence-corrected chi connectivity index (χ0v) is 11.9. The van der Waals surface area contributed by atoms with Crippen LogP contribution >= 0.6 is 0 Å². The van der Waals surface area contributed by atoms with E-state index in [-0.39, 0.29) is 0 Å². The summed E-state index contributed by atoms with van der Waals surface area (Å²) in [5.41, 5.74) is 0.943. The van der Waals surface area contributed by atoms with Gasteiger partial charge in [-0.15, -0.1) is 0 Å². The van der Waals surface area contributed by atoms with E-state index in [0.29, 0.717) is 12.6 Å². The van der Waals surface area contributed by atoms with Gasteiger partial charge in [0.2, 0.25) is 0 Å². The Kier molecular flexibility index (Phi) is 5.23. The number of aliphatic hydroxyl groups excluding tert-OH is 1. The monoisotopic (exact) mass is 263 g/mol. The molecule has 0 aliphatic heterocycles. The van der Waals surface area contributed by atoms with Crippen molar-refractivity contribution in [3.05, 3.63) is 29.8 Å². The number of methoxy groups -OCH3 is 1. The lowest BCUT2D eigenvalue weighted by Gasteiger charge is -2.17. The smallest absolute Gasteiger partial charge is 0.118 e. The maximum absolute atomic E-state index is 10.2. The third kappa shape index (κ3) is 3.95. The minimum atomic E-state index is -0.438. The molecule has 0 aromatic heterocycles. The van der Waals surface area contributed by atoms with Crippen LogP contribution in [0.1, 0.15) is 44.3 Å². The molecule has 3 unspecified atom stereocenters. The third-order valence-corrected chi connectivity index (χ3v) is 4.22. The third-order valence-electron chi connectivity index (χ3n) is 4.22. The molecule has 1 fully saturated rings. The Morgan fingerprint density at radius 2 is 2.05 bits per heavy atom. The molecule has 1 aliphatic rings. The Balaban J connectivity index is 1.79. The zero-order valence-electron chi connectivity index (χ0n) is 11.9. The summed E-state index contributed by atoms with van der Waals surface area (Å²) in [7, 11) is 1.65. The highest BCUT2D eigenvalue weighted by atomic mass is 16.5. The number of nitrogens with one attached hydrogen (secondary N) is 1. The van der Waals surface area contributed by atoms with Crippen LogP contribution in [0.15, 0.2) is 24.3 Å². The summed E-state index contributed by atoms with van der Waals surface area (Å²) in [5.74, 6) is 1.70. The van der Waals surface area contributed by atoms with Crippen molar-refractivity contribution in [3.63, 3.8) is 0 Å². The Labute approximate surface area is 116 Å². The van der Waals surface area contributed by atoms with Gasteiger partial charge < -0.3 is 15.2 Å². The van der Waals surface area contributed by atoms with Crippen molar-refractivity contribution < 1.29 is 9.84 Å². The Bertz CT molecular complexity index is 377. The van der Waals surface area contributed by atoms with E-state index in [1.165, 1.54) is 25.7 Å². The molecule has 0 radical (unpaired) electrons. The molecule has 0 heterocycles. The Hall–Kier alpha value is -1.06. The van der Waals surface area contributed by atoms with Crippen LogP contribution in [0, 0.1) is 5.92 Å². The predicted octanol–water partition coefficient (Wildman–Crippen LogP) is 2.90. The van der Waals surface area contributed by atoms with Crippen LogP contribution in [0.3, 0.4) is 0 Å². The largest absolute Gasteiger partial charge is 0.497 e. The summed E-state index contributed by atoms with van der Waals surface area (Å²) in [6.07, 6.45) is 4.66. The van der Waals surface area contributed by atoms with E-state index in [2.05, 4.69) is 12.2 Å². The van der Waals surface area contributed by atoms with Gasteiger partial charge in [-0.05, 0) is 42.9 Å². The molecule has 2 N–H and O–H groups in total. The SMILES string of the molecule is CCC1CCC(NCC(O)c2ccc(OC)cc2)C1. The molecule has 0 spiro atoms. The van der Waals surface area contributed by atoms with Gasteiger partial charge in [-0.3, -0.25) is 0 Å². The van der Waals surface area contributed by atoms with Crippen LogP contribution in [-0.2, 0) is 0 Å². The van der Waals surface area contributed by atoms with Crippen molar-refractivity contribution in [2.75, 3.05) is 13.7 Å². The summed E-state index contributed by atoms with van der Waals surface area (Å²) in [6, 6.07) is 8.21. The summed E-state index contributed by atoms with van der Waals surface area (Å²) >= 11 is 0. The van der Waals surface area contributed by atoms with Crippen LogP contribution in [0.4, 0.5) is 0 Å². The van der Waals surface area contributed by atoms with Gasteiger partial charge >= 0.3 is 0 Å². The average molecular weight is 263 g/mol. The summed E-state index contributed by atoms with van der Waals surface area (Å²) < 4.78 is 5.12. The Morgan fingerprint density at radius 1 is 1.32 bits per heavy atom. The lowest BCUT2D eigenvalue weighted by Crippen LogP contribution is -2.30. The van der Waals surface area contributed by atoms with E-state index in [0.717, 1.165) is 17.2 Å². The molecule has 19 heavy (non-hydrogen) atoms. The maximum atomic E-state index is 10.2. The van der Waals surface area contributed by atoms with Crippen molar-refractivity contribution in [3.8, 4) is 5.75 Å². The number of hydrogen-bond acceptors (Lipinski definition) is 3. The van der Waals surface area contributed by atoms with Gasteiger partial charge in [0.15, 0.2) is 0 Å². The Morgan fingerprint density at radius 3 is 2.63 bits per heavy atom. The fraction of sp³-hybridized carbons (Fsp3) is 0.625. The van der Waals surface area contributed by atoms with Gasteiger partial charge in [0.05, 0.1) is 13.2 Å². The molecule has 0 saturated heterocycles. The van der Waals surface area contributed by atoms with Crippen LogP contribution < -0.4 is 10.1 Å². The zero-order chi connectivity index (χ0) is 13.7. The van der Waals surface area contributed by atoms with E-state index < -0.39 is 6.10 Å². The van der Waals surface area contributed by atoms with Crippen LogP contribution in [0.5, 0.6) is 5.75 Å². The first kappa shape index (κ1) is 14.4. The summed E-state index contributed by atoms with van der Waals surface area (Å²) in [5, 5.41) is 13.7. The predicted molar refractivity (Wildman–Crippen MR) is 77.4 cm³/mol. The number of aliphatic hydroxyl groups is 1. The molecule has 0 amide bonds. The molecular weight excluding hydrogens is 238 g/mol. The van der Waals surface area contributed by atoms with Crippen molar-refractivity contribution in [2.45, 2.75) is 44.8 Å². The summed E-state index contributed by atoms with van der Waals surface area (Å²) in [6.45, 7) is 2.90. The number of hydrogen-bond donors (Lipinski definition) is 2. The average Bonchev–Trinajstić information content (AvgIpc) is 2.93. The molecule has 106 valence electrons. The van der Waals surface area contributed by atoms with Gasteiger partial charge in [-0.25, -0.2) is 0 Å². The number of benzene rings is 1. The van der Waals surface area contributed by atoms with Crippen LogP contribution in [0.25, 0.3) is 0 Å². The maximum Gasteiger partial charge on any atom is 0.118 e. The molecule has 3 atom stereocenters. The van der Waals surface area contributed by atoms with Gasteiger partial charge in [0, 0.05) is 12.6 Å². The minimum Gasteiger partial charge on any atom is -0.497 e. The van der Waals surface area contributed by atoms with E-state index in [9.17, 15) is 5.11 Å². The van der Waals surface area contributed by atoms with Gasteiger partial charge in [0.1, 0.15) is 5.75 Å². The van der Waals surface area contributed by atoms with E-state index in [1.54, 1.807) is 7.11 Å². The van der Waals surface area contributed by atoms with E-state index in [4.69, 9.17) is 4.74 Å². The van der Waals surface area contributed by atoms with Crippen molar-refractivity contribution in [2.24, 2.45) is 5.92 Å². The van der Waals surface area contributed by atoms with Gasteiger partial charge in [-0.1, -0.05) is 25.5 Å². The summed E-state index contributed by atoms with van der Waals surface area (Å²) in [4.78, 5) is 0. The van der Waals surface area contributed by atoms with Crippen LogP contribution in [0.2, 0.25) is 0 Å². The fourth-order valence-corrected chi connectivity index (χ4v) is 2.85. The van der Waals surface area contributed by atoms with Crippen molar-refractivity contribution in [1.82, 2.24) is 5.32 Å². The topological polar surface area (TPSA) is 41.5 Å². The molecule has 1 aromatic rings. The number of ether oxygens (including phenoxy) is 1. The van der Waals surface area contributed by atoms with Crippen LogP contribution in [-0.4, -0.2) is 24.8 Å². The van der Waals surface area contributed by atoms with Gasteiger partial charge in [0.25, 0.3) is 0 Å². The molecule has 1 aliphatic carbocycles. The normalized spacial score (nSPS) is 24.4. The second-order valence-corrected chi connectivity index (χ2v) is 5.48. The number of rotatable bonds is 6. The highest BCUT2D eigenvalue weighted by Crippen LogP contribution is 2.28. The van der Waals surface area contributed by atoms with Crippen molar-refractivity contribution >= 4 is 0 Å². The first-order valence-electron chi connectivity index (χ1n) is 7.28. The molecule has 3 nitrogen and oxygen atoms in total. The first-order chi connectivity index (χ1) is 9.22. The molecule has 2 rings (SSSR count). The lowest BCUT2D eigenvalue weighted by molar-refractivity contribution is 0.169.